The molecule has 0 aliphatic carbocycles. The van der Waals surface area contributed by atoms with Crippen LogP contribution in [0.5, 0.6) is 5.75 Å². The van der Waals surface area contributed by atoms with Gasteiger partial charge in [0.15, 0.2) is 0 Å². The van der Waals surface area contributed by atoms with Crippen molar-refractivity contribution in [3.63, 3.8) is 0 Å². The predicted octanol–water partition coefficient (Wildman–Crippen LogP) is 2.78. The van der Waals surface area contributed by atoms with E-state index < -0.39 is 6.16 Å². The van der Waals surface area contributed by atoms with E-state index in [-0.39, 0.29) is 6.10 Å². The number of nitrogens with zero attached hydrogens (tertiary/aromatic N) is 1. The second-order valence-corrected chi connectivity index (χ2v) is 4.63. The molecular formula is C13H14N2O4. The van der Waals surface area contributed by atoms with Crippen molar-refractivity contribution in [2.75, 3.05) is 6.61 Å². The first-order valence-electron chi connectivity index (χ1n) is 6.16. The molecule has 2 aromatic rings. The molecule has 0 amide bonds. The molecule has 1 fully saturated rings. The van der Waals surface area contributed by atoms with Crippen molar-refractivity contribution in [2.45, 2.75) is 25.9 Å². The molecule has 100 valence electrons. The fraction of sp³-hybridized carbons (Fsp3) is 0.385. The molecule has 1 aromatic heterocycles. The Labute approximate surface area is 109 Å². The Balaban J connectivity index is 2.01. The maximum absolute atomic E-state index is 10.6. The number of H-pyrrole nitrogens is 1. The third-order valence-corrected chi connectivity index (χ3v) is 3.21. The molecule has 6 heteroatoms. The monoisotopic (exact) mass is 262 g/mol. The summed E-state index contributed by atoms with van der Waals surface area (Å²) in [7, 11) is 0. The summed E-state index contributed by atoms with van der Waals surface area (Å²) in [6, 6.07) is 3.30. The van der Waals surface area contributed by atoms with E-state index in [1.54, 1.807) is 12.1 Å². The maximum Gasteiger partial charge on any atom is 0.511 e. The van der Waals surface area contributed by atoms with Crippen LogP contribution in [0.3, 0.4) is 0 Å². The van der Waals surface area contributed by atoms with E-state index >= 15 is 0 Å². The van der Waals surface area contributed by atoms with E-state index in [0.717, 1.165) is 41.9 Å². The summed E-state index contributed by atoms with van der Waals surface area (Å²) in [5.41, 5.74) is 2.46. The Morgan fingerprint density at radius 1 is 1.58 bits per heavy atom. The van der Waals surface area contributed by atoms with Gasteiger partial charge in [0, 0.05) is 12.7 Å². The van der Waals surface area contributed by atoms with E-state index in [1.807, 2.05) is 6.92 Å². The van der Waals surface area contributed by atoms with E-state index in [1.165, 1.54) is 0 Å². The van der Waals surface area contributed by atoms with Crippen molar-refractivity contribution >= 4 is 17.2 Å². The van der Waals surface area contributed by atoms with Crippen LogP contribution in [0.1, 0.15) is 30.3 Å². The molecule has 1 unspecified atom stereocenters. The van der Waals surface area contributed by atoms with Crippen LogP contribution in [0.4, 0.5) is 4.79 Å². The third-order valence-electron chi connectivity index (χ3n) is 3.21. The number of nitrogens with one attached hydrogen (secondary N) is 1. The van der Waals surface area contributed by atoms with Crippen LogP contribution in [0, 0.1) is 6.92 Å². The molecule has 0 saturated carbocycles. The standard InChI is InChI=1S/C13H14N2O4/c1-7-5-8(19-13(16)17)6-9-11(7)15-12(14-9)10-3-2-4-18-10/h5-6,10H,2-4H2,1H3,(H,14,15)(H,16,17). The second-order valence-electron chi connectivity index (χ2n) is 4.63. The number of aryl methyl sites for hydroxylation is 1. The van der Waals surface area contributed by atoms with Gasteiger partial charge in [0.25, 0.3) is 0 Å². The number of imidazole rings is 1. The lowest BCUT2D eigenvalue weighted by molar-refractivity contribution is 0.106. The first-order valence-corrected chi connectivity index (χ1v) is 6.16. The van der Waals surface area contributed by atoms with Gasteiger partial charge in [0.2, 0.25) is 0 Å². The SMILES string of the molecule is Cc1cc(OC(=O)O)cc2[nH]c(C3CCCO3)nc12. The van der Waals surface area contributed by atoms with Crippen LogP contribution in [-0.4, -0.2) is 27.8 Å². The lowest BCUT2D eigenvalue weighted by Crippen LogP contribution is -2.03. The molecule has 6 nitrogen and oxygen atoms in total. The van der Waals surface area contributed by atoms with Gasteiger partial charge in [-0.1, -0.05) is 0 Å². The number of aromatic amines is 1. The molecule has 1 aromatic carbocycles. The summed E-state index contributed by atoms with van der Waals surface area (Å²) in [6.07, 6.45) is 0.680. The zero-order valence-electron chi connectivity index (χ0n) is 10.5. The maximum atomic E-state index is 10.6. The molecule has 0 radical (unpaired) electrons. The average molecular weight is 262 g/mol. The van der Waals surface area contributed by atoms with Crippen LogP contribution in [0.25, 0.3) is 11.0 Å². The van der Waals surface area contributed by atoms with Crippen LogP contribution in [0.2, 0.25) is 0 Å². The number of hydrogen-bond acceptors (Lipinski definition) is 4. The first kappa shape index (κ1) is 12.0. The van der Waals surface area contributed by atoms with Crippen LogP contribution >= 0.6 is 0 Å². The molecule has 19 heavy (non-hydrogen) atoms. The van der Waals surface area contributed by atoms with E-state index in [4.69, 9.17) is 9.84 Å². The molecule has 1 aliphatic heterocycles. The lowest BCUT2D eigenvalue weighted by Gasteiger charge is -2.03. The van der Waals surface area contributed by atoms with Gasteiger partial charge in [-0.05, 0) is 31.4 Å². The van der Waals surface area contributed by atoms with Gasteiger partial charge in [-0.3, -0.25) is 0 Å². The summed E-state index contributed by atoms with van der Waals surface area (Å²) >= 11 is 0. The highest BCUT2D eigenvalue weighted by Gasteiger charge is 2.21. The number of fused-ring (bicyclic) bond motifs is 1. The Bertz CT molecular complexity index is 629. The fourth-order valence-electron chi connectivity index (χ4n) is 2.38. The molecule has 1 atom stereocenters. The molecule has 2 heterocycles. The minimum absolute atomic E-state index is 0.00985. The zero-order valence-corrected chi connectivity index (χ0v) is 10.5. The van der Waals surface area contributed by atoms with Gasteiger partial charge < -0.3 is 19.6 Å². The highest BCUT2D eigenvalue weighted by atomic mass is 16.7. The summed E-state index contributed by atoms with van der Waals surface area (Å²) in [4.78, 5) is 18.3. The largest absolute Gasteiger partial charge is 0.511 e. The molecule has 1 saturated heterocycles. The molecule has 3 rings (SSSR count). The summed E-state index contributed by atoms with van der Waals surface area (Å²) in [5.74, 6) is 1.09. The minimum atomic E-state index is -1.32. The lowest BCUT2D eigenvalue weighted by atomic mass is 10.2. The Morgan fingerprint density at radius 3 is 3.11 bits per heavy atom. The van der Waals surface area contributed by atoms with Crippen molar-refractivity contribution in [3.8, 4) is 5.75 Å². The summed E-state index contributed by atoms with van der Waals surface area (Å²) in [6.45, 7) is 2.63. The van der Waals surface area contributed by atoms with Gasteiger partial charge in [0.1, 0.15) is 17.7 Å². The Hall–Kier alpha value is -2.08. The molecular weight excluding hydrogens is 248 g/mol. The van der Waals surface area contributed by atoms with E-state index in [2.05, 4.69) is 14.7 Å². The Morgan fingerprint density at radius 2 is 2.42 bits per heavy atom. The normalized spacial score (nSPS) is 18.9. The minimum Gasteiger partial charge on any atom is -0.449 e. The first-order chi connectivity index (χ1) is 9.13. The van der Waals surface area contributed by atoms with Crippen molar-refractivity contribution in [2.24, 2.45) is 0 Å². The Kier molecular flexibility index (Phi) is 2.87. The van der Waals surface area contributed by atoms with Gasteiger partial charge in [-0.15, -0.1) is 0 Å². The molecule has 2 N–H and O–H groups in total. The number of hydrogen-bond donors (Lipinski definition) is 2. The van der Waals surface area contributed by atoms with Gasteiger partial charge in [-0.2, -0.15) is 0 Å². The number of ether oxygens (including phenoxy) is 2. The van der Waals surface area contributed by atoms with Crippen molar-refractivity contribution in [3.05, 3.63) is 23.5 Å². The number of benzene rings is 1. The van der Waals surface area contributed by atoms with Crippen LogP contribution < -0.4 is 4.74 Å². The summed E-state index contributed by atoms with van der Waals surface area (Å²) in [5, 5.41) is 8.64. The van der Waals surface area contributed by atoms with Crippen molar-refractivity contribution in [1.82, 2.24) is 9.97 Å². The molecule has 0 bridgehead atoms. The highest BCUT2D eigenvalue weighted by Crippen LogP contribution is 2.30. The number of rotatable bonds is 2. The van der Waals surface area contributed by atoms with E-state index in [9.17, 15) is 4.79 Å². The quantitative estimate of drug-likeness (QED) is 0.642. The van der Waals surface area contributed by atoms with Gasteiger partial charge in [-0.25, -0.2) is 9.78 Å². The average Bonchev–Trinajstić information content (AvgIpc) is 2.95. The topological polar surface area (TPSA) is 84.4 Å². The van der Waals surface area contributed by atoms with Gasteiger partial charge in [0.05, 0.1) is 11.0 Å². The fourth-order valence-corrected chi connectivity index (χ4v) is 2.38. The molecule has 1 aliphatic rings. The number of aromatic nitrogens is 2. The smallest absolute Gasteiger partial charge is 0.449 e. The predicted molar refractivity (Wildman–Crippen MR) is 67.4 cm³/mol. The number of carboxylic acid groups (broad SMARTS) is 1. The van der Waals surface area contributed by atoms with Crippen molar-refractivity contribution < 1.29 is 19.4 Å². The number of carbonyl (C=O) groups is 1. The summed E-state index contributed by atoms with van der Waals surface area (Å²) < 4.78 is 10.3. The van der Waals surface area contributed by atoms with E-state index in [0.29, 0.717) is 5.75 Å². The third kappa shape index (κ3) is 2.26. The van der Waals surface area contributed by atoms with Gasteiger partial charge >= 0.3 is 6.16 Å². The highest BCUT2D eigenvalue weighted by molar-refractivity contribution is 5.81. The second kappa shape index (κ2) is 4.55. The molecule has 0 spiro atoms. The van der Waals surface area contributed by atoms with Crippen LogP contribution in [-0.2, 0) is 4.74 Å². The van der Waals surface area contributed by atoms with Crippen LogP contribution in [0.15, 0.2) is 12.1 Å². The van der Waals surface area contributed by atoms with Crippen molar-refractivity contribution in [1.29, 1.82) is 0 Å². The zero-order chi connectivity index (χ0) is 13.4.